The lowest BCUT2D eigenvalue weighted by atomic mass is 9.98. The number of hydrogen-bond donors (Lipinski definition) is 2. The summed E-state index contributed by atoms with van der Waals surface area (Å²) >= 11 is 0. The molecule has 1 aliphatic carbocycles. The third-order valence-electron chi connectivity index (χ3n) is 3.39. The quantitative estimate of drug-likeness (QED) is 0.683. The highest BCUT2D eigenvalue weighted by atomic mass is 16.5. The van der Waals surface area contributed by atoms with E-state index >= 15 is 0 Å². The normalized spacial score (nSPS) is 18.6. The summed E-state index contributed by atoms with van der Waals surface area (Å²) in [6.07, 6.45) is 8.02. The number of aliphatic hydroxyl groups excluding tert-OH is 1. The third kappa shape index (κ3) is 5.67. The third-order valence-corrected chi connectivity index (χ3v) is 3.39. The molecule has 1 heterocycles. The van der Waals surface area contributed by atoms with Gasteiger partial charge in [0.05, 0.1) is 18.8 Å². The van der Waals surface area contributed by atoms with Crippen LogP contribution in [0.15, 0.2) is 10.9 Å². The van der Waals surface area contributed by atoms with Crippen LogP contribution in [-0.4, -0.2) is 47.2 Å². The molecule has 108 valence electrons. The van der Waals surface area contributed by atoms with Gasteiger partial charge in [0.15, 0.2) is 5.82 Å². The predicted octanol–water partition coefficient (Wildman–Crippen LogP) is 0.912. The van der Waals surface area contributed by atoms with Gasteiger partial charge in [-0.25, -0.2) is 0 Å². The van der Waals surface area contributed by atoms with E-state index in [9.17, 15) is 5.11 Å². The van der Waals surface area contributed by atoms with Gasteiger partial charge in [0.25, 0.3) is 0 Å². The van der Waals surface area contributed by atoms with Crippen LogP contribution in [0.4, 0.5) is 0 Å². The van der Waals surface area contributed by atoms with E-state index in [1.807, 2.05) is 0 Å². The average molecular weight is 269 g/mol. The maximum Gasteiger partial charge on any atom is 0.213 e. The van der Waals surface area contributed by atoms with Crippen LogP contribution in [0, 0.1) is 0 Å². The molecule has 1 unspecified atom stereocenters. The molecule has 1 aliphatic rings. The summed E-state index contributed by atoms with van der Waals surface area (Å²) in [6, 6.07) is 0. The van der Waals surface area contributed by atoms with Crippen molar-refractivity contribution in [2.45, 2.75) is 50.7 Å². The maximum atomic E-state index is 9.80. The van der Waals surface area contributed by atoms with Crippen molar-refractivity contribution in [2.24, 2.45) is 0 Å². The first-order chi connectivity index (χ1) is 9.34. The standard InChI is InChI=1S/C13H23N3O3/c17-11(9-18-12-4-2-1-3-5-12)8-14-7-6-13-15-10-19-16-13/h10-12,14,17H,1-9H2. The Balaban J connectivity index is 1.48. The molecular weight excluding hydrogens is 246 g/mol. The molecule has 1 atom stereocenters. The Morgan fingerprint density at radius 1 is 1.42 bits per heavy atom. The topological polar surface area (TPSA) is 80.4 Å². The molecule has 0 saturated heterocycles. The molecule has 2 rings (SSSR count). The van der Waals surface area contributed by atoms with Gasteiger partial charge in [-0.05, 0) is 12.8 Å². The largest absolute Gasteiger partial charge is 0.389 e. The minimum absolute atomic E-state index is 0.350. The van der Waals surface area contributed by atoms with Gasteiger partial charge in [-0.2, -0.15) is 4.98 Å². The van der Waals surface area contributed by atoms with Crippen LogP contribution in [0.3, 0.4) is 0 Å². The van der Waals surface area contributed by atoms with E-state index in [4.69, 9.17) is 4.74 Å². The first-order valence-corrected chi connectivity index (χ1v) is 7.10. The zero-order chi connectivity index (χ0) is 13.3. The van der Waals surface area contributed by atoms with Gasteiger partial charge in [-0.1, -0.05) is 24.4 Å². The minimum Gasteiger partial charge on any atom is -0.389 e. The maximum absolute atomic E-state index is 9.80. The molecule has 0 aliphatic heterocycles. The lowest BCUT2D eigenvalue weighted by Crippen LogP contribution is -2.33. The Morgan fingerprint density at radius 3 is 3.00 bits per heavy atom. The molecular formula is C13H23N3O3. The van der Waals surface area contributed by atoms with Crippen molar-refractivity contribution < 1.29 is 14.4 Å². The highest BCUT2D eigenvalue weighted by Gasteiger charge is 2.15. The van der Waals surface area contributed by atoms with E-state index in [0.717, 1.165) is 19.4 Å². The van der Waals surface area contributed by atoms with Crippen molar-refractivity contribution in [3.05, 3.63) is 12.2 Å². The zero-order valence-corrected chi connectivity index (χ0v) is 11.3. The molecule has 1 fully saturated rings. The Labute approximate surface area is 113 Å². The highest BCUT2D eigenvalue weighted by molar-refractivity contribution is 4.78. The van der Waals surface area contributed by atoms with Gasteiger partial charge >= 0.3 is 0 Å². The number of aromatic nitrogens is 2. The molecule has 19 heavy (non-hydrogen) atoms. The summed E-state index contributed by atoms with van der Waals surface area (Å²) < 4.78 is 10.4. The second-order valence-electron chi connectivity index (χ2n) is 5.05. The molecule has 2 N–H and O–H groups in total. The van der Waals surface area contributed by atoms with Crippen molar-refractivity contribution in [2.75, 3.05) is 19.7 Å². The van der Waals surface area contributed by atoms with E-state index in [-0.39, 0.29) is 0 Å². The highest BCUT2D eigenvalue weighted by Crippen LogP contribution is 2.20. The molecule has 0 radical (unpaired) electrons. The fourth-order valence-electron chi connectivity index (χ4n) is 2.31. The van der Waals surface area contributed by atoms with Crippen molar-refractivity contribution in [3.8, 4) is 0 Å². The molecule has 1 aromatic heterocycles. The van der Waals surface area contributed by atoms with Crippen LogP contribution in [0.25, 0.3) is 0 Å². The van der Waals surface area contributed by atoms with Crippen LogP contribution in [0.1, 0.15) is 37.9 Å². The minimum atomic E-state index is -0.452. The number of aliphatic hydroxyl groups is 1. The Kier molecular flexibility index (Phi) is 6.26. The Bertz CT molecular complexity index is 326. The number of ether oxygens (including phenoxy) is 1. The summed E-state index contributed by atoms with van der Waals surface area (Å²) in [5, 5.41) is 16.7. The first-order valence-electron chi connectivity index (χ1n) is 7.10. The summed E-state index contributed by atoms with van der Waals surface area (Å²) in [7, 11) is 0. The van der Waals surface area contributed by atoms with Crippen molar-refractivity contribution in [1.29, 1.82) is 0 Å². The SMILES string of the molecule is OC(CNCCc1ncon1)COC1CCCCC1. The lowest BCUT2D eigenvalue weighted by molar-refractivity contribution is -0.0228. The molecule has 0 aromatic carbocycles. The van der Waals surface area contributed by atoms with Crippen molar-refractivity contribution in [3.63, 3.8) is 0 Å². The van der Waals surface area contributed by atoms with Crippen molar-refractivity contribution in [1.82, 2.24) is 15.5 Å². The molecule has 6 nitrogen and oxygen atoms in total. The van der Waals surface area contributed by atoms with E-state index in [1.54, 1.807) is 0 Å². The fraction of sp³-hybridized carbons (Fsp3) is 0.846. The van der Waals surface area contributed by atoms with Crippen LogP contribution in [0.5, 0.6) is 0 Å². The molecule has 1 aromatic rings. The van der Waals surface area contributed by atoms with Crippen molar-refractivity contribution >= 4 is 0 Å². The Morgan fingerprint density at radius 2 is 2.26 bits per heavy atom. The molecule has 0 amide bonds. The number of hydrogen-bond acceptors (Lipinski definition) is 6. The Hall–Kier alpha value is -0.980. The van der Waals surface area contributed by atoms with Crippen LogP contribution in [-0.2, 0) is 11.2 Å². The summed E-state index contributed by atoms with van der Waals surface area (Å²) in [5.74, 6) is 0.681. The monoisotopic (exact) mass is 269 g/mol. The summed E-state index contributed by atoms with van der Waals surface area (Å²) in [6.45, 7) is 1.67. The lowest BCUT2D eigenvalue weighted by Gasteiger charge is -2.23. The van der Waals surface area contributed by atoms with Crippen LogP contribution < -0.4 is 5.32 Å². The van der Waals surface area contributed by atoms with Gasteiger partial charge in [-0.15, -0.1) is 0 Å². The predicted molar refractivity (Wildman–Crippen MR) is 69.7 cm³/mol. The second kappa shape index (κ2) is 8.24. The van der Waals surface area contributed by atoms with Crippen LogP contribution in [0.2, 0.25) is 0 Å². The number of nitrogens with one attached hydrogen (secondary N) is 1. The molecule has 0 spiro atoms. The van der Waals surface area contributed by atoms with Crippen LogP contribution >= 0.6 is 0 Å². The molecule has 6 heteroatoms. The smallest absolute Gasteiger partial charge is 0.213 e. The van der Waals surface area contributed by atoms with E-state index < -0.39 is 6.10 Å². The van der Waals surface area contributed by atoms with Gasteiger partial charge in [0.1, 0.15) is 0 Å². The van der Waals surface area contributed by atoms with Gasteiger partial charge in [0, 0.05) is 19.5 Å². The summed E-state index contributed by atoms with van der Waals surface area (Å²) in [4.78, 5) is 3.93. The second-order valence-corrected chi connectivity index (χ2v) is 5.05. The average Bonchev–Trinajstić information content (AvgIpc) is 2.96. The van der Waals surface area contributed by atoms with Gasteiger partial charge in [0.2, 0.25) is 6.39 Å². The summed E-state index contributed by atoms with van der Waals surface area (Å²) in [5.41, 5.74) is 0. The van der Waals surface area contributed by atoms with Gasteiger partial charge in [-0.3, -0.25) is 0 Å². The van der Waals surface area contributed by atoms with Gasteiger partial charge < -0.3 is 19.7 Å². The zero-order valence-electron chi connectivity index (χ0n) is 11.3. The number of rotatable bonds is 8. The molecule has 0 bridgehead atoms. The fourth-order valence-corrected chi connectivity index (χ4v) is 2.31. The first kappa shape index (κ1) is 14.4. The number of nitrogens with zero attached hydrogens (tertiary/aromatic N) is 2. The molecule has 1 saturated carbocycles. The van der Waals surface area contributed by atoms with E-state index in [1.165, 1.54) is 25.7 Å². The van der Waals surface area contributed by atoms with E-state index in [2.05, 4.69) is 20.0 Å². The van der Waals surface area contributed by atoms with E-state index in [0.29, 0.717) is 31.5 Å².